The van der Waals surface area contributed by atoms with Crippen molar-refractivity contribution in [2.45, 2.75) is 19.3 Å². The van der Waals surface area contributed by atoms with E-state index in [2.05, 4.69) is 136 Å². The Bertz CT molecular complexity index is 2420. The molecule has 0 radical (unpaired) electrons. The van der Waals surface area contributed by atoms with Gasteiger partial charge in [-0.3, -0.25) is 0 Å². The molecule has 0 atom stereocenters. The van der Waals surface area contributed by atoms with Crippen molar-refractivity contribution in [1.29, 1.82) is 0 Å². The number of benzene rings is 6. The van der Waals surface area contributed by atoms with E-state index in [1.54, 1.807) is 6.08 Å². The molecule has 7 aromatic rings. The molecular formula is C45H34O. The molecule has 46 heavy (non-hydrogen) atoms. The van der Waals surface area contributed by atoms with Crippen LogP contribution in [0.25, 0.3) is 71.6 Å². The van der Waals surface area contributed by atoms with E-state index in [0.29, 0.717) is 0 Å². The standard InChI is InChI=1S/C45H34O/c1-6-7-17-31-27-46-44-37-25-16-15-24-36(37)42-38(29(3)45(4,5)43(42)41(31)44)26-28(2)39-32-20-11-13-22-34(32)40(30-18-9-8-10-19-30)35-23-14-12-21-33(35)39/h6-27H,1-3H2,4-5H3/b17-7-,38-26+. The number of rotatable bonds is 5. The van der Waals surface area contributed by atoms with Crippen LogP contribution in [0.5, 0.6) is 0 Å². The number of furan rings is 1. The van der Waals surface area contributed by atoms with Gasteiger partial charge in [-0.25, -0.2) is 0 Å². The van der Waals surface area contributed by atoms with E-state index < -0.39 is 0 Å². The van der Waals surface area contributed by atoms with Crippen LogP contribution in [-0.4, -0.2) is 0 Å². The van der Waals surface area contributed by atoms with Crippen LogP contribution in [0.3, 0.4) is 0 Å². The van der Waals surface area contributed by atoms with Crippen LogP contribution in [0.4, 0.5) is 0 Å². The van der Waals surface area contributed by atoms with Gasteiger partial charge >= 0.3 is 0 Å². The van der Waals surface area contributed by atoms with Crippen LogP contribution in [0, 0.1) is 0 Å². The number of hydrogen-bond donors (Lipinski definition) is 0. The van der Waals surface area contributed by atoms with Gasteiger partial charge in [-0.15, -0.1) is 0 Å². The SMILES string of the molecule is C=C/C=C\c1coc2c1c1c(c3ccccc32)/C(=C/C(=C)c2c3ccccc3c(-c3ccccc3)c3ccccc23)C(=C)C1(C)C. The largest absolute Gasteiger partial charge is 0.463 e. The Labute approximate surface area is 269 Å². The second kappa shape index (κ2) is 10.5. The Balaban J connectivity index is 1.44. The molecule has 0 saturated carbocycles. The maximum Gasteiger partial charge on any atom is 0.142 e. The van der Waals surface area contributed by atoms with Crippen LogP contribution in [0.15, 0.2) is 157 Å². The maximum absolute atomic E-state index is 6.29. The minimum atomic E-state index is -0.328. The minimum Gasteiger partial charge on any atom is -0.463 e. The molecule has 0 N–H and O–H groups in total. The fourth-order valence-corrected chi connectivity index (χ4v) is 7.62. The number of fused-ring (bicyclic) bond motifs is 8. The molecule has 0 spiro atoms. The van der Waals surface area contributed by atoms with Crippen molar-refractivity contribution < 1.29 is 4.42 Å². The average Bonchev–Trinajstić information content (AvgIpc) is 3.59. The van der Waals surface area contributed by atoms with E-state index in [1.165, 1.54) is 49.2 Å². The summed E-state index contributed by atoms with van der Waals surface area (Å²) in [6.07, 6.45) is 10.0. The smallest absolute Gasteiger partial charge is 0.142 e. The van der Waals surface area contributed by atoms with Gasteiger partial charge in [0.05, 0.1) is 6.26 Å². The van der Waals surface area contributed by atoms with Crippen molar-refractivity contribution in [3.05, 3.63) is 175 Å². The lowest BCUT2D eigenvalue weighted by molar-refractivity contribution is 0.617. The first-order chi connectivity index (χ1) is 22.4. The van der Waals surface area contributed by atoms with Gasteiger partial charge in [0, 0.05) is 21.8 Å². The summed E-state index contributed by atoms with van der Waals surface area (Å²) in [5.74, 6) is 0. The fourth-order valence-electron chi connectivity index (χ4n) is 7.62. The zero-order valence-corrected chi connectivity index (χ0v) is 26.2. The quantitative estimate of drug-likeness (QED) is 0.144. The van der Waals surface area contributed by atoms with Gasteiger partial charge in [0.25, 0.3) is 0 Å². The van der Waals surface area contributed by atoms with Gasteiger partial charge in [-0.2, -0.15) is 0 Å². The van der Waals surface area contributed by atoms with Gasteiger partial charge in [-0.1, -0.05) is 155 Å². The lowest BCUT2D eigenvalue weighted by atomic mass is 9.80. The van der Waals surface area contributed by atoms with Gasteiger partial charge in [-0.05, 0) is 77.5 Å². The Hall–Kier alpha value is -5.66. The number of hydrogen-bond acceptors (Lipinski definition) is 1. The van der Waals surface area contributed by atoms with E-state index in [9.17, 15) is 0 Å². The van der Waals surface area contributed by atoms with Crippen LogP contribution in [-0.2, 0) is 5.41 Å². The van der Waals surface area contributed by atoms with Gasteiger partial charge < -0.3 is 4.42 Å². The molecule has 0 bridgehead atoms. The molecule has 0 saturated heterocycles. The molecule has 1 aromatic heterocycles. The summed E-state index contributed by atoms with van der Waals surface area (Å²) in [5, 5.41) is 8.22. The first kappa shape index (κ1) is 27.9. The third-order valence-corrected chi connectivity index (χ3v) is 9.78. The zero-order chi connectivity index (χ0) is 31.6. The van der Waals surface area contributed by atoms with Gasteiger partial charge in [0.2, 0.25) is 0 Å². The molecule has 0 aliphatic heterocycles. The van der Waals surface area contributed by atoms with E-state index in [0.717, 1.165) is 44.2 Å². The van der Waals surface area contributed by atoms with E-state index >= 15 is 0 Å². The van der Waals surface area contributed by atoms with Crippen molar-refractivity contribution in [2.75, 3.05) is 0 Å². The van der Waals surface area contributed by atoms with Crippen LogP contribution >= 0.6 is 0 Å². The first-order valence-electron chi connectivity index (χ1n) is 15.8. The summed E-state index contributed by atoms with van der Waals surface area (Å²) in [6, 6.07) is 36.7. The van der Waals surface area contributed by atoms with E-state index in [1.807, 2.05) is 12.3 Å². The Kier molecular flexibility index (Phi) is 6.34. The van der Waals surface area contributed by atoms with Crippen LogP contribution in [0.2, 0.25) is 0 Å². The lowest BCUT2D eigenvalue weighted by Gasteiger charge is -2.22. The first-order valence-corrected chi connectivity index (χ1v) is 15.8. The highest BCUT2D eigenvalue weighted by molar-refractivity contribution is 6.22. The Morgan fingerprint density at radius 3 is 1.85 bits per heavy atom. The van der Waals surface area contributed by atoms with Gasteiger partial charge in [0.15, 0.2) is 0 Å². The summed E-state index contributed by atoms with van der Waals surface area (Å²) >= 11 is 0. The Morgan fingerprint density at radius 2 is 1.24 bits per heavy atom. The molecule has 6 aromatic carbocycles. The van der Waals surface area contributed by atoms with Crippen LogP contribution in [0.1, 0.15) is 36.1 Å². The van der Waals surface area contributed by atoms with E-state index in [-0.39, 0.29) is 5.41 Å². The fraction of sp³-hybridized carbons (Fsp3) is 0.0667. The minimum absolute atomic E-state index is 0.328. The summed E-state index contributed by atoms with van der Waals surface area (Å²) in [5.41, 5.74) is 10.9. The highest BCUT2D eigenvalue weighted by Gasteiger charge is 2.41. The average molecular weight is 591 g/mol. The molecule has 0 fully saturated rings. The Morgan fingerprint density at radius 1 is 0.696 bits per heavy atom. The summed E-state index contributed by atoms with van der Waals surface area (Å²) < 4.78 is 6.29. The summed E-state index contributed by atoms with van der Waals surface area (Å²) in [7, 11) is 0. The molecule has 1 nitrogen and oxygen atoms in total. The topological polar surface area (TPSA) is 13.1 Å². The van der Waals surface area contributed by atoms with E-state index in [4.69, 9.17) is 17.6 Å². The second-order valence-corrected chi connectivity index (χ2v) is 12.7. The third kappa shape index (κ3) is 3.95. The molecule has 8 rings (SSSR count). The maximum atomic E-state index is 6.29. The molecule has 1 aliphatic rings. The monoisotopic (exact) mass is 590 g/mol. The van der Waals surface area contributed by atoms with Crippen molar-refractivity contribution >= 4 is 60.5 Å². The predicted molar refractivity (Wildman–Crippen MR) is 199 cm³/mol. The molecular weight excluding hydrogens is 556 g/mol. The predicted octanol–water partition coefficient (Wildman–Crippen LogP) is 12.7. The molecule has 1 heterocycles. The molecule has 1 aliphatic carbocycles. The lowest BCUT2D eigenvalue weighted by Crippen LogP contribution is -2.15. The molecule has 0 amide bonds. The second-order valence-electron chi connectivity index (χ2n) is 12.7. The van der Waals surface area contributed by atoms with Crippen LogP contribution < -0.4 is 0 Å². The zero-order valence-electron chi connectivity index (χ0n) is 26.2. The third-order valence-electron chi connectivity index (χ3n) is 9.78. The highest BCUT2D eigenvalue weighted by atomic mass is 16.3. The van der Waals surface area contributed by atoms with Crippen molar-refractivity contribution in [1.82, 2.24) is 0 Å². The number of allylic oxidation sites excluding steroid dienone is 6. The molecule has 1 heteroatoms. The van der Waals surface area contributed by atoms with Gasteiger partial charge in [0.1, 0.15) is 5.58 Å². The van der Waals surface area contributed by atoms with Crippen molar-refractivity contribution in [2.24, 2.45) is 0 Å². The van der Waals surface area contributed by atoms with Crippen molar-refractivity contribution in [3.63, 3.8) is 0 Å². The normalized spacial score (nSPS) is 15.1. The molecule has 0 unspecified atom stereocenters. The molecule has 220 valence electrons. The van der Waals surface area contributed by atoms with Crippen molar-refractivity contribution in [3.8, 4) is 11.1 Å². The highest BCUT2D eigenvalue weighted by Crippen LogP contribution is 2.56. The summed E-state index contributed by atoms with van der Waals surface area (Å²) in [6.45, 7) is 18.0. The summed E-state index contributed by atoms with van der Waals surface area (Å²) in [4.78, 5) is 0.